The summed E-state index contributed by atoms with van der Waals surface area (Å²) >= 11 is 0. The van der Waals surface area contributed by atoms with Gasteiger partial charge in [-0.25, -0.2) is 4.99 Å². The van der Waals surface area contributed by atoms with Gasteiger partial charge in [0.25, 0.3) is 0 Å². The van der Waals surface area contributed by atoms with E-state index in [4.69, 9.17) is 10.5 Å². The van der Waals surface area contributed by atoms with E-state index in [0.717, 1.165) is 5.56 Å². The molecule has 0 aromatic heterocycles. The summed E-state index contributed by atoms with van der Waals surface area (Å²) in [6.45, 7) is 6.14. The molecule has 0 spiro atoms. The molecule has 0 radical (unpaired) electrons. The van der Waals surface area contributed by atoms with Crippen molar-refractivity contribution < 1.29 is 22.6 Å². The van der Waals surface area contributed by atoms with E-state index in [2.05, 4.69) is 28.9 Å². The minimum Gasteiger partial charge on any atom is -0.406 e. The van der Waals surface area contributed by atoms with Crippen molar-refractivity contribution in [2.45, 2.75) is 26.8 Å². The highest BCUT2D eigenvalue weighted by Crippen LogP contribution is 2.22. The Labute approximate surface area is 156 Å². The van der Waals surface area contributed by atoms with Gasteiger partial charge in [-0.2, -0.15) is 0 Å². The zero-order valence-electron chi connectivity index (χ0n) is 13.6. The lowest BCUT2D eigenvalue weighted by Gasteiger charge is -2.09. The molecule has 0 aliphatic heterocycles. The van der Waals surface area contributed by atoms with Crippen LogP contribution in [0.15, 0.2) is 29.3 Å². The number of ether oxygens (including phenoxy) is 2. The molecule has 1 aromatic rings. The molecule has 0 bridgehead atoms. The summed E-state index contributed by atoms with van der Waals surface area (Å²) in [5.41, 5.74) is 6.41. The second kappa shape index (κ2) is 11.3. The number of hydrogen-bond donors (Lipinski definition) is 2. The molecule has 0 aliphatic rings. The first-order valence-corrected chi connectivity index (χ1v) is 7.22. The van der Waals surface area contributed by atoms with Crippen LogP contribution in [-0.2, 0) is 11.3 Å². The lowest BCUT2D eigenvalue weighted by Crippen LogP contribution is -2.34. The first-order valence-electron chi connectivity index (χ1n) is 7.22. The Morgan fingerprint density at radius 1 is 1.25 bits per heavy atom. The van der Waals surface area contributed by atoms with Crippen molar-refractivity contribution >= 4 is 29.9 Å². The monoisotopic (exact) mass is 461 g/mol. The molecule has 0 aliphatic carbocycles. The van der Waals surface area contributed by atoms with Gasteiger partial charge in [0.2, 0.25) is 0 Å². The maximum absolute atomic E-state index is 12.0. The summed E-state index contributed by atoms with van der Waals surface area (Å²) in [6, 6.07) is 5.48. The molecule has 0 saturated heterocycles. The molecule has 0 saturated carbocycles. The van der Waals surface area contributed by atoms with Crippen molar-refractivity contribution in [3.8, 4) is 5.75 Å². The van der Waals surface area contributed by atoms with Crippen molar-refractivity contribution in [3.05, 3.63) is 29.8 Å². The molecule has 0 amide bonds. The first-order chi connectivity index (χ1) is 10.8. The van der Waals surface area contributed by atoms with Gasteiger partial charge in [-0.1, -0.05) is 26.0 Å². The molecule has 3 N–H and O–H groups in total. The van der Waals surface area contributed by atoms with Crippen molar-refractivity contribution in [3.63, 3.8) is 0 Å². The maximum atomic E-state index is 12.0. The molecular weight excluding hydrogens is 438 g/mol. The van der Waals surface area contributed by atoms with Gasteiger partial charge < -0.3 is 20.5 Å². The Morgan fingerprint density at radius 3 is 2.42 bits per heavy atom. The predicted octanol–water partition coefficient (Wildman–Crippen LogP) is 3.28. The smallest absolute Gasteiger partial charge is 0.406 e. The Kier molecular flexibility index (Phi) is 10.8. The van der Waals surface area contributed by atoms with Crippen molar-refractivity contribution in [1.82, 2.24) is 5.32 Å². The lowest BCUT2D eigenvalue weighted by atomic mass is 10.2. The van der Waals surface area contributed by atoms with Crippen molar-refractivity contribution in [2.24, 2.45) is 16.6 Å². The third kappa shape index (κ3) is 11.3. The molecule has 5 nitrogen and oxygen atoms in total. The van der Waals surface area contributed by atoms with Crippen LogP contribution in [-0.4, -0.2) is 32.1 Å². The van der Waals surface area contributed by atoms with Gasteiger partial charge in [0.15, 0.2) is 5.96 Å². The zero-order valence-corrected chi connectivity index (χ0v) is 15.9. The van der Waals surface area contributed by atoms with E-state index in [1.54, 1.807) is 0 Å². The van der Waals surface area contributed by atoms with E-state index in [1.807, 2.05) is 0 Å². The van der Waals surface area contributed by atoms with Crippen LogP contribution in [0.2, 0.25) is 0 Å². The molecule has 1 aromatic carbocycles. The third-order valence-corrected chi connectivity index (χ3v) is 2.59. The number of rotatable bonds is 8. The van der Waals surface area contributed by atoms with Crippen LogP contribution < -0.4 is 15.8 Å². The van der Waals surface area contributed by atoms with E-state index in [9.17, 15) is 13.2 Å². The van der Waals surface area contributed by atoms with Gasteiger partial charge in [0.1, 0.15) is 5.75 Å². The highest BCUT2D eigenvalue weighted by molar-refractivity contribution is 14.0. The average molecular weight is 461 g/mol. The summed E-state index contributed by atoms with van der Waals surface area (Å²) in [6.07, 6.45) is -4.69. The minimum absolute atomic E-state index is 0. The lowest BCUT2D eigenvalue weighted by molar-refractivity contribution is -0.274. The van der Waals surface area contributed by atoms with Gasteiger partial charge >= 0.3 is 6.36 Å². The van der Waals surface area contributed by atoms with Gasteiger partial charge in [-0.3, -0.25) is 0 Å². The number of halogens is 4. The molecule has 0 heterocycles. The normalized spacial score (nSPS) is 12.0. The number of hydrogen-bond acceptors (Lipinski definition) is 3. The van der Waals surface area contributed by atoms with E-state index >= 15 is 0 Å². The topological polar surface area (TPSA) is 68.9 Å². The molecule has 1 rings (SSSR count). The molecule has 24 heavy (non-hydrogen) atoms. The number of guanidine groups is 1. The van der Waals surface area contributed by atoms with E-state index in [-0.39, 0.29) is 42.2 Å². The van der Waals surface area contributed by atoms with Crippen molar-refractivity contribution in [2.75, 3.05) is 19.8 Å². The number of aliphatic imine (C=N–C) groups is 1. The van der Waals surface area contributed by atoms with Crippen LogP contribution in [0.4, 0.5) is 13.2 Å². The van der Waals surface area contributed by atoms with E-state index < -0.39 is 6.36 Å². The minimum atomic E-state index is -4.69. The fourth-order valence-corrected chi connectivity index (χ4v) is 1.60. The second-order valence-electron chi connectivity index (χ2n) is 5.29. The molecule has 0 fully saturated rings. The highest BCUT2D eigenvalue weighted by atomic mass is 127. The first kappa shape index (κ1) is 22.8. The third-order valence-electron chi connectivity index (χ3n) is 2.59. The fourth-order valence-electron chi connectivity index (χ4n) is 1.60. The second-order valence-corrected chi connectivity index (χ2v) is 5.29. The quantitative estimate of drug-likeness (QED) is 0.270. The van der Waals surface area contributed by atoms with Crippen LogP contribution in [0.1, 0.15) is 19.4 Å². The van der Waals surface area contributed by atoms with Crippen LogP contribution in [0, 0.1) is 5.92 Å². The van der Waals surface area contributed by atoms with E-state index in [1.165, 1.54) is 24.3 Å². The van der Waals surface area contributed by atoms with Crippen LogP contribution in [0.3, 0.4) is 0 Å². The average Bonchev–Trinajstić information content (AvgIpc) is 2.44. The van der Waals surface area contributed by atoms with Crippen LogP contribution >= 0.6 is 24.0 Å². The molecular formula is C15H23F3IN3O2. The number of alkyl halides is 3. The molecule has 138 valence electrons. The summed E-state index contributed by atoms with van der Waals surface area (Å²) in [5.74, 6) is 0.470. The molecule has 0 atom stereocenters. The van der Waals surface area contributed by atoms with Gasteiger partial charge in [-0.15, -0.1) is 37.1 Å². The van der Waals surface area contributed by atoms with Gasteiger partial charge in [0, 0.05) is 13.2 Å². The van der Waals surface area contributed by atoms with Crippen LogP contribution in [0.25, 0.3) is 0 Å². The van der Waals surface area contributed by atoms with Crippen molar-refractivity contribution in [1.29, 1.82) is 0 Å². The van der Waals surface area contributed by atoms with Gasteiger partial charge in [0.05, 0.1) is 13.2 Å². The standard InChI is InChI=1S/C15H22F3N3O2.HI/c1-11(2)10-22-8-7-20-14(19)21-9-12-3-5-13(6-4-12)23-15(16,17)18;/h3-6,11H,7-10H2,1-2H3,(H3,19,20,21);1H. The maximum Gasteiger partial charge on any atom is 0.573 e. The highest BCUT2D eigenvalue weighted by Gasteiger charge is 2.30. The predicted molar refractivity (Wildman–Crippen MR) is 97.5 cm³/mol. The van der Waals surface area contributed by atoms with Gasteiger partial charge in [-0.05, 0) is 23.6 Å². The summed E-state index contributed by atoms with van der Waals surface area (Å²) in [5, 5.41) is 2.90. The Hall–Kier alpha value is -1.23. The fraction of sp³-hybridized carbons (Fsp3) is 0.533. The summed E-state index contributed by atoms with van der Waals surface area (Å²) in [4.78, 5) is 4.10. The molecule has 0 unspecified atom stereocenters. The Bertz CT molecular complexity index is 494. The summed E-state index contributed by atoms with van der Waals surface area (Å²) in [7, 11) is 0. The Balaban J connectivity index is 0.00000529. The summed E-state index contributed by atoms with van der Waals surface area (Å²) < 4.78 is 45.3. The van der Waals surface area contributed by atoms with Crippen LogP contribution in [0.5, 0.6) is 5.75 Å². The zero-order chi connectivity index (χ0) is 17.3. The van der Waals surface area contributed by atoms with E-state index in [0.29, 0.717) is 25.7 Å². The largest absolute Gasteiger partial charge is 0.573 e. The number of benzene rings is 1. The Morgan fingerprint density at radius 2 is 1.88 bits per heavy atom. The SMILES string of the molecule is CC(C)COCCNC(N)=NCc1ccc(OC(F)(F)F)cc1.I. The number of nitrogens with zero attached hydrogens (tertiary/aromatic N) is 1. The molecule has 9 heteroatoms. The number of nitrogens with two attached hydrogens (primary N) is 1. The number of nitrogens with one attached hydrogen (secondary N) is 1.